The lowest BCUT2D eigenvalue weighted by Gasteiger charge is -2.26. The van der Waals surface area contributed by atoms with Gasteiger partial charge in [0.15, 0.2) is 12.3 Å². The van der Waals surface area contributed by atoms with Crippen LogP contribution < -0.4 is 26.6 Å². The predicted octanol–water partition coefficient (Wildman–Crippen LogP) is 3.93. The molecule has 0 saturated carbocycles. The van der Waals surface area contributed by atoms with E-state index in [1.807, 2.05) is 60.6 Å². The number of hydrogen-bond donors (Lipinski definition) is 2. The molecule has 0 unspecified atom stereocenters. The molecular weight excluding hydrogens is 444 g/mol. The highest BCUT2D eigenvalue weighted by atomic mass is 35.5. The van der Waals surface area contributed by atoms with Crippen LogP contribution >= 0.6 is 11.6 Å². The first-order valence-electron chi connectivity index (χ1n) is 11.2. The van der Waals surface area contributed by atoms with Crippen LogP contribution in [0.3, 0.4) is 0 Å². The maximum absolute atomic E-state index is 13.3. The second-order valence-electron chi connectivity index (χ2n) is 9.48. The summed E-state index contributed by atoms with van der Waals surface area (Å²) >= 11 is 6.27. The highest BCUT2D eigenvalue weighted by molar-refractivity contribution is 6.31. The zero-order valence-electron chi connectivity index (χ0n) is 20.5. The van der Waals surface area contributed by atoms with Crippen LogP contribution in [0, 0.1) is 18.8 Å². The van der Waals surface area contributed by atoms with Crippen LogP contribution in [-0.4, -0.2) is 28.6 Å². The molecule has 0 fully saturated rings. The third-order valence-corrected chi connectivity index (χ3v) is 5.55. The van der Waals surface area contributed by atoms with Gasteiger partial charge in [0.2, 0.25) is 0 Å². The molecule has 182 valence electrons. The Labute approximate surface area is 199 Å². The summed E-state index contributed by atoms with van der Waals surface area (Å²) in [5.74, 6) is 0.398. The number of halogens is 1. The van der Waals surface area contributed by atoms with Gasteiger partial charge >= 0.3 is 5.69 Å². The average molecular weight is 479 g/mol. The predicted molar refractivity (Wildman–Crippen MR) is 134 cm³/mol. The molecule has 2 rings (SSSR count). The smallest absolute Gasteiger partial charge is 0.330 e. The Hall–Kier alpha value is -2.74. The van der Waals surface area contributed by atoms with E-state index in [0.717, 1.165) is 11.1 Å². The number of aromatic nitrogens is 2. The Morgan fingerprint density at radius 3 is 2.33 bits per heavy atom. The van der Waals surface area contributed by atoms with Crippen molar-refractivity contribution in [2.75, 3.05) is 23.8 Å². The molecule has 0 spiro atoms. The summed E-state index contributed by atoms with van der Waals surface area (Å²) in [6.07, 6.45) is 0. The molecule has 1 aromatic heterocycles. The Morgan fingerprint density at radius 2 is 1.79 bits per heavy atom. The number of nitrogens with one attached hydrogen (secondary N) is 1. The van der Waals surface area contributed by atoms with E-state index < -0.39 is 17.2 Å². The Bertz CT molecular complexity index is 1120. The fourth-order valence-corrected chi connectivity index (χ4v) is 3.70. The molecule has 8 nitrogen and oxygen atoms in total. The molecule has 9 heteroatoms. The number of aromatic amines is 1. The average Bonchev–Trinajstić information content (AvgIpc) is 2.69. The van der Waals surface area contributed by atoms with Gasteiger partial charge in [0.25, 0.3) is 11.5 Å². The number of benzene rings is 1. The summed E-state index contributed by atoms with van der Waals surface area (Å²) in [7, 11) is 0. The summed E-state index contributed by atoms with van der Waals surface area (Å²) < 4.78 is 7.20. The van der Waals surface area contributed by atoms with Gasteiger partial charge in [-0.15, -0.1) is 0 Å². The molecule has 0 bridgehead atoms. The minimum atomic E-state index is -0.697. The largest absolute Gasteiger partial charge is 0.483 e. The normalized spacial score (nSPS) is 11.5. The monoisotopic (exact) mass is 478 g/mol. The van der Waals surface area contributed by atoms with Gasteiger partial charge < -0.3 is 15.4 Å². The first-order chi connectivity index (χ1) is 15.3. The molecule has 1 amide bonds. The number of rotatable bonds is 9. The molecule has 1 heterocycles. The SMILES string of the molecule is Cc1cc(OCC(=O)N(CC(C)C)c2c(N)n(CC(C)C)c(=O)[nH]c2=O)c(C(C)C)cc1Cl. The van der Waals surface area contributed by atoms with E-state index in [-0.39, 0.29) is 42.4 Å². The summed E-state index contributed by atoms with van der Waals surface area (Å²) in [5.41, 5.74) is 6.64. The van der Waals surface area contributed by atoms with Crippen LogP contribution in [0.25, 0.3) is 0 Å². The molecule has 0 saturated heterocycles. The molecule has 2 aromatic rings. The zero-order chi connectivity index (χ0) is 25.0. The maximum atomic E-state index is 13.3. The number of ether oxygens (including phenoxy) is 1. The molecular formula is C24H35ClN4O4. The van der Waals surface area contributed by atoms with E-state index in [2.05, 4.69) is 4.98 Å². The lowest BCUT2D eigenvalue weighted by atomic mass is 10.0. The second-order valence-corrected chi connectivity index (χ2v) is 9.89. The Balaban J connectivity index is 2.45. The number of nitrogens with zero attached hydrogens (tertiary/aromatic N) is 2. The maximum Gasteiger partial charge on any atom is 0.330 e. The second kappa shape index (κ2) is 10.9. The van der Waals surface area contributed by atoms with Gasteiger partial charge in [-0.3, -0.25) is 19.1 Å². The molecule has 0 aliphatic rings. The quantitative estimate of drug-likeness (QED) is 0.567. The van der Waals surface area contributed by atoms with Crippen LogP contribution in [0.4, 0.5) is 11.5 Å². The van der Waals surface area contributed by atoms with Crippen molar-refractivity contribution in [2.24, 2.45) is 11.8 Å². The standard InChI is InChI=1S/C24H35ClN4O4/c1-13(2)10-28(21-22(26)29(11-14(3)4)24(32)27-23(21)31)20(30)12-33-19-8-16(7)18(25)9-17(19)15(5)6/h8-9,13-15H,10-12,26H2,1-7H3,(H,27,31,32). The van der Waals surface area contributed by atoms with Gasteiger partial charge in [-0.1, -0.05) is 53.1 Å². The van der Waals surface area contributed by atoms with Gasteiger partial charge in [0.05, 0.1) is 0 Å². The van der Waals surface area contributed by atoms with Crippen LogP contribution in [0.1, 0.15) is 58.6 Å². The van der Waals surface area contributed by atoms with E-state index in [9.17, 15) is 14.4 Å². The van der Waals surface area contributed by atoms with Gasteiger partial charge in [-0.05, 0) is 47.9 Å². The number of H-pyrrole nitrogens is 1. The minimum Gasteiger partial charge on any atom is -0.483 e. The van der Waals surface area contributed by atoms with Crippen molar-refractivity contribution in [1.82, 2.24) is 9.55 Å². The van der Waals surface area contributed by atoms with E-state index in [1.54, 1.807) is 0 Å². The molecule has 0 radical (unpaired) electrons. The number of amides is 1. The summed E-state index contributed by atoms with van der Waals surface area (Å²) in [6, 6.07) is 3.65. The highest BCUT2D eigenvalue weighted by Crippen LogP contribution is 2.32. The number of carbonyl (C=O) groups excluding carboxylic acids is 1. The fraction of sp³-hybridized carbons (Fsp3) is 0.542. The van der Waals surface area contributed by atoms with E-state index >= 15 is 0 Å². The number of carbonyl (C=O) groups is 1. The molecule has 33 heavy (non-hydrogen) atoms. The first-order valence-corrected chi connectivity index (χ1v) is 11.6. The zero-order valence-corrected chi connectivity index (χ0v) is 21.2. The van der Waals surface area contributed by atoms with Crippen molar-refractivity contribution < 1.29 is 9.53 Å². The van der Waals surface area contributed by atoms with Crippen LogP contribution in [0.2, 0.25) is 5.02 Å². The number of hydrogen-bond acceptors (Lipinski definition) is 5. The van der Waals surface area contributed by atoms with Crippen molar-refractivity contribution in [2.45, 2.75) is 60.9 Å². The lowest BCUT2D eigenvalue weighted by Crippen LogP contribution is -2.44. The van der Waals surface area contributed by atoms with Crippen molar-refractivity contribution in [3.8, 4) is 5.75 Å². The Kier molecular flexibility index (Phi) is 8.77. The number of nitrogen functional groups attached to an aromatic ring is 1. The van der Waals surface area contributed by atoms with Crippen molar-refractivity contribution in [3.05, 3.63) is 49.1 Å². The molecule has 1 aromatic carbocycles. The van der Waals surface area contributed by atoms with E-state index in [0.29, 0.717) is 17.3 Å². The number of aryl methyl sites for hydroxylation is 1. The number of nitrogens with two attached hydrogens (primary N) is 1. The van der Waals surface area contributed by atoms with Crippen LogP contribution in [0.5, 0.6) is 5.75 Å². The van der Waals surface area contributed by atoms with Gasteiger partial charge in [0, 0.05) is 18.1 Å². The molecule has 0 aliphatic heterocycles. The minimum absolute atomic E-state index is 0.0309. The van der Waals surface area contributed by atoms with E-state index in [4.69, 9.17) is 22.1 Å². The van der Waals surface area contributed by atoms with Crippen LogP contribution in [-0.2, 0) is 11.3 Å². The topological polar surface area (TPSA) is 110 Å². The van der Waals surface area contributed by atoms with Gasteiger partial charge in [-0.25, -0.2) is 4.79 Å². The van der Waals surface area contributed by atoms with Crippen molar-refractivity contribution in [1.29, 1.82) is 0 Å². The van der Waals surface area contributed by atoms with Crippen LogP contribution in [0.15, 0.2) is 21.7 Å². The lowest BCUT2D eigenvalue weighted by molar-refractivity contribution is -0.120. The molecule has 3 N–H and O–H groups in total. The third kappa shape index (κ3) is 6.41. The third-order valence-electron chi connectivity index (χ3n) is 5.14. The number of anilines is 2. The van der Waals surface area contributed by atoms with Gasteiger partial charge in [0.1, 0.15) is 11.6 Å². The first kappa shape index (κ1) is 26.5. The summed E-state index contributed by atoms with van der Waals surface area (Å²) in [6.45, 7) is 13.9. The summed E-state index contributed by atoms with van der Waals surface area (Å²) in [4.78, 5) is 41.9. The van der Waals surface area contributed by atoms with Gasteiger partial charge in [-0.2, -0.15) is 0 Å². The van der Waals surface area contributed by atoms with Crippen molar-refractivity contribution >= 4 is 29.0 Å². The van der Waals surface area contributed by atoms with Crippen molar-refractivity contribution in [3.63, 3.8) is 0 Å². The van der Waals surface area contributed by atoms with E-state index in [1.165, 1.54) is 9.47 Å². The molecule has 0 aliphatic carbocycles. The Morgan fingerprint density at radius 1 is 1.15 bits per heavy atom. The fourth-order valence-electron chi connectivity index (χ4n) is 3.53. The summed E-state index contributed by atoms with van der Waals surface area (Å²) in [5, 5.41) is 0.630. The molecule has 0 atom stereocenters. The highest BCUT2D eigenvalue weighted by Gasteiger charge is 2.26.